The summed E-state index contributed by atoms with van der Waals surface area (Å²) in [6, 6.07) is 0.223. The lowest BCUT2D eigenvalue weighted by Gasteiger charge is -2.29. The van der Waals surface area contributed by atoms with Crippen molar-refractivity contribution in [3.8, 4) is 0 Å². The molecule has 0 aromatic heterocycles. The number of hydrogen-bond donors (Lipinski definition) is 1. The van der Waals surface area contributed by atoms with Gasteiger partial charge >= 0.3 is 0 Å². The molecule has 0 spiro atoms. The number of nitrogens with one attached hydrogen (secondary N) is 1. The fraction of sp³-hybridized carbons (Fsp3) is 0.900. The Morgan fingerprint density at radius 1 is 0.960 bits per heavy atom. The summed E-state index contributed by atoms with van der Waals surface area (Å²) in [6.45, 7) is 4.44. The van der Waals surface area contributed by atoms with Gasteiger partial charge in [-0.05, 0) is 51.4 Å². The zero-order valence-electron chi connectivity index (χ0n) is 16.1. The predicted molar refractivity (Wildman–Crippen MR) is 97.4 cm³/mol. The molecule has 0 radical (unpaired) electrons. The van der Waals surface area contributed by atoms with Crippen molar-refractivity contribution in [1.82, 2.24) is 5.32 Å². The Labute approximate surface area is 152 Å². The van der Waals surface area contributed by atoms with Crippen LogP contribution >= 0.6 is 0 Å². The molecule has 1 N–H and O–H groups in total. The van der Waals surface area contributed by atoms with Gasteiger partial charge in [-0.15, -0.1) is 0 Å². The quantitative estimate of drug-likeness (QED) is 0.727. The molecular weight excluding hydrogens is 318 g/mol. The maximum absolute atomic E-state index is 12.1. The highest BCUT2D eigenvalue weighted by Gasteiger charge is 2.28. The Kier molecular flexibility index (Phi) is 8.37. The lowest BCUT2D eigenvalue weighted by Crippen LogP contribution is -2.39. The van der Waals surface area contributed by atoms with E-state index in [4.69, 9.17) is 9.47 Å². The Morgan fingerprint density at radius 2 is 1.56 bits per heavy atom. The van der Waals surface area contributed by atoms with Gasteiger partial charge in [0.1, 0.15) is 5.78 Å². The number of carbonyl (C=O) groups excluding carboxylic acids is 2. The van der Waals surface area contributed by atoms with Crippen LogP contribution in [0.15, 0.2) is 0 Å². The highest BCUT2D eigenvalue weighted by molar-refractivity contribution is 5.83. The van der Waals surface area contributed by atoms with E-state index in [0.717, 1.165) is 51.4 Å². The molecule has 2 rings (SSSR count). The molecule has 5 heteroatoms. The summed E-state index contributed by atoms with van der Waals surface area (Å²) in [5, 5.41) is 3.11. The van der Waals surface area contributed by atoms with Crippen LogP contribution in [0.25, 0.3) is 0 Å². The van der Waals surface area contributed by atoms with Crippen LogP contribution in [0.5, 0.6) is 0 Å². The summed E-state index contributed by atoms with van der Waals surface area (Å²) in [5.74, 6) is 0.761. The minimum absolute atomic E-state index is 0.0733. The van der Waals surface area contributed by atoms with Crippen molar-refractivity contribution in [3.05, 3.63) is 0 Å². The molecule has 0 aliphatic heterocycles. The summed E-state index contributed by atoms with van der Waals surface area (Å²) in [4.78, 5) is 24.1. The summed E-state index contributed by atoms with van der Waals surface area (Å²) in [5.41, 5.74) is 0. The normalized spacial score (nSPS) is 30.2. The van der Waals surface area contributed by atoms with E-state index in [2.05, 4.69) is 5.32 Å². The molecule has 0 unspecified atom stereocenters. The Bertz CT molecular complexity index is 421. The molecule has 0 aromatic rings. The molecule has 2 aliphatic rings. The van der Waals surface area contributed by atoms with Crippen LogP contribution in [0.1, 0.15) is 71.6 Å². The molecule has 0 heterocycles. The number of ether oxygens (including phenoxy) is 2. The van der Waals surface area contributed by atoms with E-state index in [1.54, 1.807) is 7.11 Å². The lowest BCUT2D eigenvalue weighted by atomic mass is 9.80. The molecule has 144 valence electrons. The first kappa shape index (κ1) is 20.4. The zero-order valence-corrected chi connectivity index (χ0v) is 16.1. The molecule has 0 aromatic carbocycles. The number of ketones is 1. The second kappa shape index (κ2) is 10.3. The molecule has 0 saturated heterocycles. The predicted octanol–water partition coefficient (Wildman–Crippen LogP) is 3.25. The van der Waals surface area contributed by atoms with Crippen LogP contribution in [0.4, 0.5) is 0 Å². The fourth-order valence-corrected chi connectivity index (χ4v) is 4.05. The van der Waals surface area contributed by atoms with Crippen molar-refractivity contribution >= 4 is 11.7 Å². The molecule has 2 saturated carbocycles. The number of carbonyl (C=O) groups is 2. The van der Waals surface area contributed by atoms with Gasteiger partial charge < -0.3 is 14.8 Å². The van der Waals surface area contributed by atoms with E-state index in [1.807, 2.05) is 13.8 Å². The molecule has 25 heavy (non-hydrogen) atoms. The molecule has 2 fully saturated rings. The van der Waals surface area contributed by atoms with Crippen LogP contribution in [0, 0.1) is 11.8 Å². The SMILES string of the molecule is CO[C@H]1CC[C@H](OCCC(=O)N[C@H]2CC[C@@H](C(=O)C(C)C)CC2)CC1. The smallest absolute Gasteiger partial charge is 0.222 e. The second-order valence-electron chi connectivity index (χ2n) is 7.93. The number of Topliss-reactive ketones (excluding diaryl/α,β-unsaturated/α-hetero) is 1. The van der Waals surface area contributed by atoms with Gasteiger partial charge in [0.25, 0.3) is 0 Å². The molecule has 0 atom stereocenters. The second-order valence-corrected chi connectivity index (χ2v) is 7.93. The van der Waals surface area contributed by atoms with E-state index in [9.17, 15) is 9.59 Å². The Hall–Kier alpha value is -0.940. The summed E-state index contributed by atoms with van der Waals surface area (Å²) < 4.78 is 11.2. The van der Waals surface area contributed by atoms with Gasteiger partial charge in [0.15, 0.2) is 0 Å². The number of methoxy groups -OCH3 is 1. The third-order valence-electron chi connectivity index (χ3n) is 5.70. The van der Waals surface area contributed by atoms with Gasteiger partial charge in [-0.25, -0.2) is 0 Å². The fourth-order valence-electron chi connectivity index (χ4n) is 4.05. The maximum Gasteiger partial charge on any atom is 0.222 e. The van der Waals surface area contributed by atoms with Crippen molar-refractivity contribution in [2.45, 2.75) is 89.9 Å². The van der Waals surface area contributed by atoms with Crippen LogP contribution in [0.3, 0.4) is 0 Å². The highest BCUT2D eigenvalue weighted by atomic mass is 16.5. The van der Waals surface area contributed by atoms with Crippen molar-refractivity contribution in [1.29, 1.82) is 0 Å². The van der Waals surface area contributed by atoms with Gasteiger partial charge in [0.2, 0.25) is 5.91 Å². The molecule has 0 bridgehead atoms. The first-order valence-corrected chi connectivity index (χ1v) is 9.97. The lowest BCUT2D eigenvalue weighted by molar-refractivity contribution is -0.127. The van der Waals surface area contributed by atoms with E-state index in [-0.39, 0.29) is 29.9 Å². The van der Waals surface area contributed by atoms with Gasteiger partial charge in [-0.2, -0.15) is 0 Å². The topological polar surface area (TPSA) is 64.6 Å². The molecule has 2 aliphatic carbocycles. The molecule has 5 nitrogen and oxygen atoms in total. The van der Waals surface area contributed by atoms with Gasteiger partial charge in [0.05, 0.1) is 18.8 Å². The summed E-state index contributed by atoms with van der Waals surface area (Å²) >= 11 is 0. The van der Waals surface area contributed by atoms with Gasteiger partial charge in [-0.1, -0.05) is 13.8 Å². The van der Waals surface area contributed by atoms with Crippen LogP contribution in [0.2, 0.25) is 0 Å². The minimum Gasteiger partial charge on any atom is -0.381 e. The van der Waals surface area contributed by atoms with Gasteiger partial charge in [-0.3, -0.25) is 9.59 Å². The highest BCUT2D eigenvalue weighted by Crippen LogP contribution is 2.27. The summed E-state index contributed by atoms with van der Waals surface area (Å²) in [7, 11) is 1.77. The third-order valence-corrected chi connectivity index (χ3v) is 5.70. The third kappa shape index (κ3) is 6.70. The van der Waals surface area contributed by atoms with Crippen molar-refractivity contribution in [2.75, 3.05) is 13.7 Å². The van der Waals surface area contributed by atoms with E-state index < -0.39 is 0 Å². The number of hydrogen-bond acceptors (Lipinski definition) is 4. The maximum atomic E-state index is 12.1. The average molecular weight is 354 g/mol. The number of rotatable bonds is 8. The first-order chi connectivity index (χ1) is 12.0. The summed E-state index contributed by atoms with van der Waals surface area (Å²) in [6.07, 6.45) is 8.85. The molecular formula is C20H35NO4. The zero-order chi connectivity index (χ0) is 18.2. The first-order valence-electron chi connectivity index (χ1n) is 9.97. The van der Waals surface area contributed by atoms with Crippen LogP contribution < -0.4 is 5.32 Å². The largest absolute Gasteiger partial charge is 0.381 e. The van der Waals surface area contributed by atoms with E-state index >= 15 is 0 Å². The minimum atomic E-state index is 0.0733. The molecule has 1 amide bonds. The Balaban J connectivity index is 1.56. The van der Waals surface area contributed by atoms with E-state index in [0.29, 0.717) is 24.9 Å². The standard InChI is InChI=1S/C20H35NO4/c1-14(2)20(23)15-4-6-16(7-5-15)21-19(22)12-13-25-18-10-8-17(24-3)9-11-18/h14-18H,4-13H2,1-3H3,(H,21,22)/t15-,16+,17-,18-. The average Bonchev–Trinajstić information content (AvgIpc) is 2.62. The Morgan fingerprint density at radius 3 is 2.12 bits per heavy atom. The van der Waals surface area contributed by atoms with Crippen LogP contribution in [-0.4, -0.2) is 43.7 Å². The van der Waals surface area contributed by atoms with Crippen molar-refractivity contribution in [3.63, 3.8) is 0 Å². The van der Waals surface area contributed by atoms with Crippen LogP contribution in [-0.2, 0) is 19.1 Å². The van der Waals surface area contributed by atoms with Crippen molar-refractivity contribution in [2.24, 2.45) is 11.8 Å². The number of amides is 1. The van der Waals surface area contributed by atoms with Crippen molar-refractivity contribution < 1.29 is 19.1 Å². The van der Waals surface area contributed by atoms with E-state index in [1.165, 1.54) is 0 Å². The van der Waals surface area contributed by atoms with Gasteiger partial charge in [0, 0.05) is 31.4 Å². The monoisotopic (exact) mass is 353 g/mol.